The molecule has 0 saturated carbocycles. The van der Waals surface area contributed by atoms with Crippen molar-refractivity contribution in [3.63, 3.8) is 0 Å². The number of hydrogen-bond acceptors (Lipinski definition) is 4. The zero-order valence-electron chi connectivity index (χ0n) is 16.3. The zero-order valence-corrected chi connectivity index (χ0v) is 19.4. The first-order chi connectivity index (χ1) is 11.5. The molecule has 1 N–H and O–H groups in total. The number of aryl methyl sites for hydroxylation is 1. The number of nitrogens with zero attached hydrogens (tertiary/aromatic N) is 4. The predicted octanol–water partition coefficient (Wildman–Crippen LogP) is 3.59. The first-order valence-electron chi connectivity index (χ1n) is 9.06. The van der Waals surface area contributed by atoms with E-state index in [0.717, 1.165) is 35.7 Å². The van der Waals surface area contributed by atoms with Crippen LogP contribution in [0, 0.1) is 12.8 Å². The first kappa shape index (κ1) is 22.6. The molecule has 5 nitrogen and oxygen atoms in total. The summed E-state index contributed by atoms with van der Waals surface area (Å²) in [5, 5.41) is 6.83. The van der Waals surface area contributed by atoms with E-state index in [4.69, 9.17) is 0 Å². The number of thiazole rings is 1. The van der Waals surface area contributed by atoms with Gasteiger partial charge in [0.2, 0.25) is 0 Å². The average Bonchev–Trinajstić information content (AvgIpc) is 2.94. The van der Waals surface area contributed by atoms with E-state index in [1.807, 2.05) is 14.0 Å². The van der Waals surface area contributed by atoms with Crippen molar-refractivity contribution in [3.8, 4) is 0 Å². The summed E-state index contributed by atoms with van der Waals surface area (Å²) in [6.07, 6.45) is 3.96. The molecule has 0 radical (unpaired) electrons. The maximum atomic E-state index is 4.55. The highest BCUT2D eigenvalue weighted by atomic mass is 127. The minimum atomic E-state index is 0. The van der Waals surface area contributed by atoms with Crippen molar-refractivity contribution in [2.45, 2.75) is 52.6 Å². The molecule has 2 heterocycles. The molecule has 1 unspecified atom stereocenters. The van der Waals surface area contributed by atoms with Crippen molar-refractivity contribution in [1.29, 1.82) is 0 Å². The van der Waals surface area contributed by atoms with Gasteiger partial charge in [0, 0.05) is 38.6 Å². The number of halogens is 1. The average molecular weight is 479 g/mol. The molecule has 0 bridgehead atoms. The van der Waals surface area contributed by atoms with Crippen LogP contribution >= 0.6 is 35.3 Å². The van der Waals surface area contributed by atoms with Gasteiger partial charge in [-0.1, -0.05) is 20.3 Å². The van der Waals surface area contributed by atoms with E-state index in [0.29, 0.717) is 6.04 Å². The lowest BCUT2D eigenvalue weighted by atomic mass is 10.0. The second kappa shape index (κ2) is 11.3. The van der Waals surface area contributed by atoms with Gasteiger partial charge in [0.25, 0.3) is 0 Å². The van der Waals surface area contributed by atoms with Gasteiger partial charge in [-0.15, -0.1) is 35.3 Å². The molecule has 0 spiro atoms. The van der Waals surface area contributed by atoms with Crippen LogP contribution in [0.4, 0.5) is 0 Å². The van der Waals surface area contributed by atoms with Crippen LogP contribution in [0.15, 0.2) is 10.4 Å². The van der Waals surface area contributed by atoms with Crippen molar-refractivity contribution >= 4 is 41.3 Å². The standard InChI is InChI=1S/C18H33N5S.HI/c1-14(2)11-23-9-7-6-8-17(23)10-20-18(19-4)22(5)12-16-13-24-15(3)21-16;/h13-14,17H,6-12H2,1-5H3,(H,19,20);1H. The molecular formula is C18H34IN5S. The Hall–Kier alpha value is -0.410. The van der Waals surface area contributed by atoms with E-state index in [1.165, 1.54) is 32.4 Å². The lowest BCUT2D eigenvalue weighted by Gasteiger charge is -2.37. The van der Waals surface area contributed by atoms with E-state index in [1.54, 1.807) is 11.3 Å². The Morgan fingerprint density at radius 1 is 1.48 bits per heavy atom. The maximum absolute atomic E-state index is 4.55. The lowest BCUT2D eigenvalue weighted by Crippen LogP contribution is -2.50. The molecule has 0 amide bonds. The van der Waals surface area contributed by atoms with Gasteiger partial charge in [-0.25, -0.2) is 4.98 Å². The third kappa shape index (κ3) is 7.38. The molecule has 144 valence electrons. The fraction of sp³-hybridized carbons (Fsp3) is 0.778. The van der Waals surface area contributed by atoms with Gasteiger partial charge >= 0.3 is 0 Å². The molecule has 2 rings (SSSR count). The SMILES string of the molecule is CN=C(NCC1CCCCN1CC(C)C)N(C)Cc1csc(C)n1.I. The summed E-state index contributed by atoms with van der Waals surface area (Å²) in [6.45, 7) is 10.9. The lowest BCUT2D eigenvalue weighted by molar-refractivity contribution is 0.133. The fourth-order valence-corrected chi connectivity index (χ4v) is 4.00. The number of nitrogens with one attached hydrogen (secondary N) is 1. The predicted molar refractivity (Wildman–Crippen MR) is 119 cm³/mol. The summed E-state index contributed by atoms with van der Waals surface area (Å²) in [5.41, 5.74) is 1.11. The van der Waals surface area contributed by atoms with Crippen LogP contribution in [0.1, 0.15) is 43.8 Å². The van der Waals surface area contributed by atoms with Gasteiger partial charge in [0.1, 0.15) is 0 Å². The van der Waals surface area contributed by atoms with Gasteiger partial charge < -0.3 is 10.2 Å². The van der Waals surface area contributed by atoms with Crippen LogP contribution in [-0.4, -0.2) is 60.5 Å². The van der Waals surface area contributed by atoms with Crippen LogP contribution in [0.2, 0.25) is 0 Å². The normalized spacial score (nSPS) is 19.0. The zero-order chi connectivity index (χ0) is 17.5. The molecule has 1 aromatic rings. The molecule has 1 aromatic heterocycles. The number of aromatic nitrogens is 1. The highest BCUT2D eigenvalue weighted by molar-refractivity contribution is 14.0. The summed E-state index contributed by atoms with van der Waals surface area (Å²) in [4.78, 5) is 13.8. The summed E-state index contributed by atoms with van der Waals surface area (Å²) in [5.74, 6) is 1.68. The molecule has 1 aliphatic heterocycles. The third-order valence-electron chi connectivity index (χ3n) is 4.48. The Labute approximate surface area is 174 Å². The molecule has 1 saturated heterocycles. The molecule has 1 aliphatic rings. The number of rotatable bonds is 6. The number of piperidine rings is 1. The molecule has 7 heteroatoms. The minimum Gasteiger partial charge on any atom is -0.355 e. The van der Waals surface area contributed by atoms with Gasteiger partial charge in [0.05, 0.1) is 17.2 Å². The monoisotopic (exact) mass is 479 g/mol. The van der Waals surface area contributed by atoms with Crippen molar-refractivity contribution in [2.24, 2.45) is 10.9 Å². The summed E-state index contributed by atoms with van der Waals surface area (Å²) in [6, 6.07) is 0.618. The topological polar surface area (TPSA) is 43.8 Å². The smallest absolute Gasteiger partial charge is 0.193 e. The van der Waals surface area contributed by atoms with Gasteiger partial charge in [-0.3, -0.25) is 9.89 Å². The van der Waals surface area contributed by atoms with E-state index < -0.39 is 0 Å². The minimum absolute atomic E-state index is 0. The Morgan fingerprint density at radius 2 is 2.24 bits per heavy atom. The van der Waals surface area contributed by atoms with Crippen molar-refractivity contribution in [2.75, 3.05) is 33.7 Å². The molecule has 1 atom stereocenters. The van der Waals surface area contributed by atoms with E-state index in [9.17, 15) is 0 Å². The quantitative estimate of drug-likeness (QED) is 0.385. The number of hydrogen-bond donors (Lipinski definition) is 1. The van der Waals surface area contributed by atoms with Crippen LogP contribution in [0.5, 0.6) is 0 Å². The molecule has 25 heavy (non-hydrogen) atoms. The fourth-order valence-electron chi connectivity index (χ4n) is 3.39. The van der Waals surface area contributed by atoms with Gasteiger partial charge in [0.15, 0.2) is 5.96 Å². The highest BCUT2D eigenvalue weighted by Gasteiger charge is 2.23. The number of guanidine groups is 1. The Balaban J connectivity index is 0.00000312. The van der Waals surface area contributed by atoms with Gasteiger partial charge in [-0.2, -0.15) is 0 Å². The van der Waals surface area contributed by atoms with Crippen LogP contribution in [-0.2, 0) is 6.54 Å². The number of likely N-dealkylation sites (tertiary alicyclic amines) is 1. The molecule has 1 fully saturated rings. The van der Waals surface area contributed by atoms with Crippen molar-refractivity contribution in [3.05, 3.63) is 16.1 Å². The molecular weight excluding hydrogens is 445 g/mol. The summed E-state index contributed by atoms with van der Waals surface area (Å²) >= 11 is 1.70. The molecule has 0 aromatic carbocycles. The number of aliphatic imine (C=N–C) groups is 1. The Bertz CT molecular complexity index is 531. The van der Waals surface area contributed by atoms with E-state index in [2.05, 4.69) is 51.4 Å². The van der Waals surface area contributed by atoms with Crippen LogP contribution in [0.3, 0.4) is 0 Å². The third-order valence-corrected chi connectivity index (χ3v) is 5.31. The summed E-state index contributed by atoms with van der Waals surface area (Å²) in [7, 11) is 3.94. The largest absolute Gasteiger partial charge is 0.355 e. The van der Waals surface area contributed by atoms with Crippen molar-refractivity contribution < 1.29 is 0 Å². The second-order valence-electron chi connectivity index (χ2n) is 7.18. The van der Waals surface area contributed by atoms with E-state index >= 15 is 0 Å². The maximum Gasteiger partial charge on any atom is 0.193 e. The Morgan fingerprint density at radius 3 is 2.84 bits per heavy atom. The summed E-state index contributed by atoms with van der Waals surface area (Å²) < 4.78 is 0. The highest BCUT2D eigenvalue weighted by Crippen LogP contribution is 2.18. The van der Waals surface area contributed by atoms with Gasteiger partial charge in [-0.05, 0) is 32.2 Å². The Kier molecular flexibility index (Phi) is 10.3. The van der Waals surface area contributed by atoms with E-state index in [-0.39, 0.29) is 24.0 Å². The van der Waals surface area contributed by atoms with Crippen molar-refractivity contribution in [1.82, 2.24) is 20.1 Å². The second-order valence-corrected chi connectivity index (χ2v) is 8.24. The van der Waals surface area contributed by atoms with Crippen LogP contribution < -0.4 is 5.32 Å². The molecule has 0 aliphatic carbocycles. The van der Waals surface area contributed by atoms with Crippen LogP contribution in [0.25, 0.3) is 0 Å². The first-order valence-corrected chi connectivity index (χ1v) is 9.94.